The first kappa shape index (κ1) is 26.4. The van der Waals surface area contributed by atoms with E-state index in [1.807, 2.05) is 18.2 Å². The molecule has 2 unspecified atom stereocenters. The number of aliphatic imine (C=N–C) groups is 1. The summed E-state index contributed by atoms with van der Waals surface area (Å²) in [6, 6.07) is 9.52. The molecule has 2 aromatic rings. The van der Waals surface area contributed by atoms with E-state index in [0.717, 1.165) is 49.9 Å². The number of ether oxygens (including phenoxy) is 3. The van der Waals surface area contributed by atoms with E-state index in [9.17, 15) is 10.1 Å². The number of hydrogen-bond donors (Lipinski definition) is 0. The van der Waals surface area contributed by atoms with Crippen molar-refractivity contribution in [2.45, 2.75) is 30.7 Å². The molecule has 1 aliphatic heterocycles. The minimum absolute atomic E-state index is 0.128. The number of nitrogens with zero attached hydrogens (tertiary/aromatic N) is 4. The van der Waals surface area contributed by atoms with Crippen LogP contribution in [0.3, 0.4) is 0 Å². The standard InChI is InChI=1S/C27H33ClN4O4/c1-31-8-10-32(11-9-31)7-4-12-36-26-13-18-5-6-19(17-29)27(20(18)14-25(26)35-3)30-22-16-24(34-2)21(28)15-23(22)33/h5-6,13-14,21,24H,4,7-12,15-16H2,1-3H3. The Balaban J connectivity index is 1.56. The summed E-state index contributed by atoms with van der Waals surface area (Å²) in [6.07, 6.45) is 1.07. The predicted molar refractivity (Wildman–Crippen MR) is 141 cm³/mol. The van der Waals surface area contributed by atoms with Gasteiger partial charge in [-0.3, -0.25) is 4.79 Å². The van der Waals surface area contributed by atoms with E-state index in [4.69, 9.17) is 25.8 Å². The van der Waals surface area contributed by atoms with E-state index in [1.54, 1.807) is 20.3 Å². The summed E-state index contributed by atoms with van der Waals surface area (Å²) in [5.74, 6) is 1.07. The maximum atomic E-state index is 12.7. The van der Waals surface area contributed by atoms with Crippen molar-refractivity contribution in [3.63, 3.8) is 0 Å². The van der Waals surface area contributed by atoms with Crippen LogP contribution in [0.1, 0.15) is 24.8 Å². The Hall–Kier alpha value is -2.70. The molecule has 2 aromatic carbocycles. The van der Waals surface area contributed by atoms with Crippen LogP contribution in [0.15, 0.2) is 29.3 Å². The zero-order valence-electron chi connectivity index (χ0n) is 21.1. The first-order chi connectivity index (χ1) is 17.4. The minimum Gasteiger partial charge on any atom is -0.493 e. The van der Waals surface area contributed by atoms with Gasteiger partial charge in [0.15, 0.2) is 17.3 Å². The second-order valence-electron chi connectivity index (χ2n) is 9.32. The van der Waals surface area contributed by atoms with Crippen LogP contribution in [0.5, 0.6) is 11.5 Å². The molecule has 0 amide bonds. The van der Waals surface area contributed by atoms with Crippen molar-refractivity contribution in [1.82, 2.24) is 9.80 Å². The second-order valence-corrected chi connectivity index (χ2v) is 9.89. The highest BCUT2D eigenvalue weighted by atomic mass is 35.5. The second kappa shape index (κ2) is 12.0. The van der Waals surface area contributed by atoms with Gasteiger partial charge < -0.3 is 24.0 Å². The highest BCUT2D eigenvalue weighted by Gasteiger charge is 2.32. The maximum Gasteiger partial charge on any atom is 0.178 e. The van der Waals surface area contributed by atoms with Gasteiger partial charge in [0.25, 0.3) is 0 Å². The Bertz CT molecular complexity index is 1170. The number of methoxy groups -OCH3 is 2. The van der Waals surface area contributed by atoms with Crippen LogP contribution in [-0.4, -0.2) is 93.4 Å². The van der Waals surface area contributed by atoms with E-state index >= 15 is 0 Å². The average Bonchev–Trinajstić information content (AvgIpc) is 2.88. The number of hydrogen-bond acceptors (Lipinski definition) is 8. The Morgan fingerprint density at radius 1 is 1.14 bits per heavy atom. The van der Waals surface area contributed by atoms with Gasteiger partial charge in [-0.1, -0.05) is 6.07 Å². The number of nitriles is 1. The van der Waals surface area contributed by atoms with Crippen LogP contribution < -0.4 is 9.47 Å². The fourth-order valence-electron chi connectivity index (χ4n) is 4.67. The number of alkyl halides is 1. The van der Waals surface area contributed by atoms with Crippen molar-refractivity contribution in [2.24, 2.45) is 4.99 Å². The van der Waals surface area contributed by atoms with Gasteiger partial charge in [0.1, 0.15) is 6.07 Å². The van der Waals surface area contributed by atoms with E-state index in [0.29, 0.717) is 41.5 Å². The van der Waals surface area contributed by atoms with Crippen LogP contribution in [0.25, 0.3) is 10.8 Å². The third kappa shape index (κ3) is 5.98. The van der Waals surface area contributed by atoms with Crippen molar-refractivity contribution in [3.05, 3.63) is 29.8 Å². The highest BCUT2D eigenvalue weighted by molar-refractivity contribution is 6.43. The topological polar surface area (TPSA) is 87.4 Å². The van der Waals surface area contributed by atoms with Crippen LogP contribution in [0.2, 0.25) is 0 Å². The molecule has 0 aromatic heterocycles. The van der Waals surface area contributed by atoms with Crippen molar-refractivity contribution >= 4 is 39.6 Å². The lowest BCUT2D eigenvalue weighted by Gasteiger charge is -2.32. The number of halogens is 1. The van der Waals surface area contributed by atoms with Crippen LogP contribution in [0, 0.1) is 11.3 Å². The molecule has 1 saturated heterocycles. The summed E-state index contributed by atoms with van der Waals surface area (Å²) in [6.45, 7) is 5.94. The zero-order valence-corrected chi connectivity index (χ0v) is 21.9. The first-order valence-electron chi connectivity index (χ1n) is 12.3. The summed E-state index contributed by atoms with van der Waals surface area (Å²) < 4.78 is 17.2. The number of likely N-dealkylation sites (N-methyl/N-ethyl adjacent to an activating group) is 1. The van der Waals surface area contributed by atoms with Gasteiger partial charge in [-0.2, -0.15) is 5.26 Å². The van der Waals surface area contributed by atoms with Crippen LogP contribution >= 0.6 is 11.6 Å². The van der Waals surface area contributed by atoms with Gasteiger partial charge in [0.2, 0.25) is 0 Å². The Kier molecular flexibility index (Phi) is 8.81. The summed E-state index contributed by atoms with van der Waals surface area (Å²) in [4.78, 5) is 22.1. The minimum atomic E-state index is -0.388. The lowest BCUT2D eigenvalue weighted by molar-refractivity contribution is -0.114. The maximum absolute atomic E-state index is 12.7. The number of benzene rings is 2. The Morgan fingerprint density at radius 3 is 2.61 bits per heavy atom. The SMILES string of the molecule is COc1cc2c(N=C3CC(OC)C(Cl)CC3=O)c(C#N)ccc2cc1OCCCN1CCN(C)CC1. The Labute approximate surface area is 217 Å². The Morgan fingerprint density at radius 2 is 1.92 bits per heavy atom. The highest BCUT2D eigenvalue weighted by Crippen LogP contribution is 2.39. The molecule has 0 radical (unpaired) electrons. The third-order valence-corrected chi connectivity index (χ3v) is 7.35. The smallest absolute Gasteiger partial charge is 0.178 e. The lowest BCUT2D eigenvalue weighted by atomic mass is 9.93. The van der Waals surface area contributed by atoms with Crippen molar-refractivity contribution in [1.29, 1.82) is 5.26 Å². The number of rotatable bonds is 8. The van der Waals surface area contributed by atoms with Crippen molar-refractivity contribution in [2.75, 3.05) is 60.6 Å². The van der Waals surface area contributed by atoms with Gasteiger partial charge in [-0.15, -0.1) is 11.6 Å². The molecule has 9 heteroatoms. The normalized spacial score (nSPS) is 22.6. The van der Waals surface area contributed by atoms with Gasteiger partial charge in [-0.05, 0) is 37.1 Å². The van der Waals surface area contributed by atoms with E-state index in [2.05, 4.69) is 27.9 Å². The monoisotopic (exact) mass is 512 g/mol. The molecular weight excluding hydrogens is 480 g/mol. The predicted octanol–water partition coefficient (Wildman–Crippen LogP) is 3.79. The summed E-state index contributed by atoms with van der Waals surface area (Å²) in [7, 11) is 5.32. The number of fused-ring (bicyclic) bond motifs is 1. The summed E-state index contributed by atoms with van der Waals surface area (Å²) in [5.41, 5.74) is 1.19. The van der Waals surface area contributed by atoms with Crippen molar-refractivity contribution < 1.29 is 19.0 Å². The molecule has 0 N–H and O–H groups in total. The molecule has 192 valence electrons. The van der Waals surface area contributed by atoms with E-state index in [1.165, 1.54) is 0 Å². The summed E-state index contributed by atoms with van der Waals surface area (Å²) in [5, 5.41) is 10.9. The molecule has 1 heterocycles. The van der Waals surface area contributed by atoms with Crippen LogP contribution in [-0.2, 0) is 9.53 Å². The first-order valence-corrected chi connectivity index (χ1v) is 12.7. The lowest BCUT2D eigenvalue weighted by Crippen LogP contribution is -2.44. The molecule has 1 aliphatic carbocycles. The molecule has 2 aliphatic rings. The quantitative estimate of drug-likeness (QED) is 0.392. The van der Waals surface area contributed by atoms with Crippen molar-refractivity contribution in [3.8, 4) is 17.6 Å². The fourth-order valence-corrected chi connectivity index (χ4v) is 5.01. The average molecular weight is 513 g/mol. The van der Waals surface area contributed by atoms with Gasteiger partial charge in [0, 0.05) is 58.1 Å². The largest absolute Gasteiger partial charge is 0.493 e. The molecule has 2 atom stereocenters. The number of piperazine rings is 1. The van der Waals surface area contributed by atoms with E-state index in [-0.39, 0.29) is 23.7 Å². The van der Waals surface area contributed by atoms with Gasteiger partial charge in [-0.25, -0.2) is 4.99 Å². The number of carbonyl (C=O) groups is 1. The molecule has 36 heavy (non-hydrogen) atoms. The zero-order chi connectivity index (χ0) is 25.7. The van der Waals surface area contributed by atoms with Crippen LogP contribution in [0.4, 0.5) is 5.69 Å². The van der Waals surface area contributed by atoms with Gasteiger partial charge >= 0.3 is 0 Å². The third-order valence-electron chi connectivity index (χ3n) is 6.92. The number of Topliss-reactive ketones (excluding diaryl/α,β-unsaturated/α-hetero) is 1. The van der Waals surface area contributed by atoms with Gasteiger partial charge in [0.05, 0.1) is 42.2 Å². The van der Waals surface area contributed by atoms with E-state index < -0.39 is 0 Å². The molecular formula is C27H33ClN4O4. The summed E-state index contributed by atoms with van der Waals surface area (Å²) >= 11 is 6.27. The molecule has 1 saturated carbocycles. The number of ketones is 1. The fraction of sp³-hybridized carbons (Fsp3) is 0.519. The molecule has 4 rings (SSSR count). The number of carbonyl (C=O) groups excluding carboxylic acids is 1. The molecule has 8 nitrogen and oxygen atoms in total. The molecule has 0 bridgehead atoms. The molecule has 0 spiro atoms. The molecule has 2 fully saturated rings.